The number of anilines is 1. The van der Waals surface area contributed by atoms with Crippen LogP contribution in [0.3, 0.4) is 0 Å². The van der Waals surface area contributed by atoms with Gasteiger partial charge in [0.1, 0.15) is 6.07 Å². The van der Waals surface area contributed by atoms with Gasteiger partial charge in [0, 0.05) is 45.7 Å². The predicted molar refractivity (Wildman–Crippen MR) is 99.8 cm³/mol. The van der Waals surface area contributed by atoms with Crippen LogP contribution in [-0.2, 0) is 4.79 Å². The summed E-state index contributed by atoms with van der Waals surface area (Å²) in [6.07, 6.45) is 2.58. The van der Waals surface area contributed by atoms with Crippen LogP contribution in [0.5, 0.6) is 0 Å². The summed E-state index contributed by atoms with van der Waals surface area (Å²) >= 11 is 6.32. The number of hydrogen-bond donors (Lipinski definition) is 0. The number of amides is 1. The van der Waals surface area contributed by atoms with Gasteiger partial charge in [-0.1, -0.05) is 17.7 Å². The first-order chi connectivity index (χ1) is 12.1. The average Bonchev–Trinajstić information content (AvgIpc) is 2.63. The van der Waals surface area contributed by atoms with Crippen molar-refractivity contribution >= 4 is 23.2 Å². The van der Waals surface area contributed by atoms with E-state index in [2.05, 4.69) is 22.9 Å². The van der Waals surface area contributed by atoms with E-state index in [4.69, 9.17) is 11.6 Å². The molecule has 25 heavy (non-hydrogen) atoms. The highest BCUT2D eigenvalue weighted by molar-refractivity contribution is 6.33. The maximum atomic E-state index is 12.5. The van der Waals surface area contributed by atoms with Crippen molar-refractivity contribution in [2.45, 2.75) is 19.3 Å². The average molecular weight is 361 g/mol. The standard InChI is InChI=1S/C19H25ClN4O/c1-22-9-11-23(12-10-22)18(25)13-15-5-7-24(8-6-15)19-16(14-21)3-2-4-17(19)20/h2-4,15H,5-13H2,1H3. The molecule has 1 amide bonds. The Morgan fingerprint density at radius 3 is 2.52 bits per heavy atom. The normalized spacial score (nSPS) is 19.7. The summed E-state index contributed by atoms with van der Waals surface area (Å²) in [5, 5.41) is 9.95. The molecule has 3 rings (SSSR count). The lowest BCUT2D eigenvalue weighted by Gasteiger charge is -2.36. The molecule has 134 valence electrons. The molecule has 2 aliphatic heterocycles. The maximum Gasteiger partial charge on any atom is 0.222 e. The highest BCUT2D eigenvalue weighted by Crippen LogP contribution is 2.33. The topological polar surface area (TPSA) is 50.6 Å². The predicted octanol–water partition coefficient (Wildman–Crippen LogP) is 2.59. The van der Waals surface area contributed by atoms with E-state index in [9.17, 15) is 10.1 Å². The maximum absolute atomic E-state index is 12.5. The number of benzene rings is 1. The monoisotopic (exact) mass is 360 g/mol. The molecular formula is C19H25ClN4O. The van der Waals surface area contributed by atoms with E-state index in [0.29, 0.717) is 28.8 Å². The molecular weight excluding hydrogens is 336 g/mol. The second-order valence-corrected chi connectivity index (χ2v) is 7.47. The van der Waals surface area contributed by atoms with Crippen LogP contribution in [0.4, 0.5) is 5.69 Å². The Kier molecular flexibility index (Phi) is 5.82. The molecule has 0 saturated carbocycles. The van der Waals surface area contributed by atoms with E-state index >= 15 is 0 Å². The zero-order valence-electron chi connectivity index (χ0n) is 14.7. The van der Waals surface area contributed by atoms with Crippen molar-refractivity contribution in [1.82, 2.24) is 9.80 Å². The molecule has 0 aromatic heterocycles. The van der Waals surface area contributed by atoms with Crippen molar-refractivity contribution in [2.24, 2.45) is 5.92 Å². The number of nitriles is 1. The van der Waals surface area contributed by atoms with E-state index in [1.54, 1.807) is 0 Å². The Morgan fingerprint density at radius 2 is 1.88 bits per heavy atom. The molecule has 0 radical (unpaired) electrons. The van der Waals surface area contributed by atoms with Gasteiger partial charge in [-0.15, -0.1) is 0 Å². The summed E-state index contributed by atoms with van der Waals surface area (Å²) in [4.78, 5) is 19.0. The summed E-state index contributed by atoms with van der Waals surface area (Å²) in [6, 6.07) is 7.69. The van der Waals surface area contributed by atoms with Gasteiger partial charge in [0.25, 0.3) is 0 Å². The molecule has 2 heterocycles. The molecule has 0 aliphatic carbocycles. The third-order valence-electron chi connectivity index (χ3n) is 5.36. The van der Waals surface area contributed by atoms with Crippen molar-refractivity contribution in [3.05, 3.63) is 28.8 Å². The molecule has 5 nitrogen and oxygen atoms in total. The van der Waals surface area contributed by atoms with Gasteiger partial charge < -0.3 is 14.7 Å². The minimum absolute atomic E-state index is 0.294. The first kappa shape index (κ1) is 18.0. The van der Waals surface area contributed by atoms with Crippen LogP contribution in [0.1, 0.15) is 24.8 Å². The third kappa shape index (κ3) is 4.26. The van der Waals surface area contributed by atoms with Crippen molar-refractivity contribution in [3.8, 4) is 6.07 Å². The minimum Gasteiger partial charge on any atom is -0.369 e. The first-order valence-electron chi connectivity index (χ1n) is 8.98. The lowest BCUT2D eigenvalue weighted by molar-refractivity contribution is -0.133. The highest BCUT2D eigenvalue weighted by atomic mass is 35.5. The summed E-state index contributed by atoms with van der Waals surface area (Å²) in [5.41, 5.74) is 1.47. The summed E-state index contributed by atoms with van der Waals surface area (Å²) in [6.45, 7) is 5.32. The largest absolute Gasteiger partial charge is 0.369 e. The minimum atomic E-state index is 0.294. The van der Waals surface area contributed by atoms with Gasteiger partial charge >= 0.3 is 0 Å². The van der Waals surface area contributed by atoms with Gasteiger partial charge in [0.2, 0.25) is 5.91 Å². The number of nitrogens with zero attached hydrogens (tertiary/aromatic N) is 4. The lowest BCUT2D eigenvalue weighted by Crippen LogP contribution is -2.47. The Morgan fingerprint density at radius 1 is 1.20 bits per heavy atom. The molecule has 0 N–H and O–H groups in total. The summed E-state index contributed by atoms with van der Waals surface area (Å²) in [5.74, 6) is 0.721. The van der Waals surface area contributed by atoms with Gasteiger partial charge in [-0.3, -0.25) is 4.79 Å². The lowest BCUT2D eigenvalue weighted by atomic mass is 9.92. The molecule has 2 aliphatic rings. The molecule has 2 fully saturated rings. The van der Waals surface area contributed by atoms with E-state index in [1.807, 2.05) is 23.1 Å². The van der Waals surface area contributed by atoms with Crippen LogP contribution < -0.4 is 4.90 Å². The smallest absolute Gasteiger partial charge is 0.222 e. The zero-order chi connectivity index (χ0) is 17.8. The molecule has 0 atom stereocenters. The van der Waals surface area contributed by atoms with Crippen molar-refractivity contribution in [3.63, 3.8) is 0 Å². The second kappa shape index (κ2) is 8.07. The SMILES string of the molecule is CN1CCN(C(=O)CC2CCN(c3c(Cl)cccc3C#N)CC2)CC1. The van der Waals surface area contributed by atoms with E-state index in [0.717, 1.165) is 57.8 Å². The van der Waals surface area contributed by atoms with E-state index < -0.39 is 0 Å². The summed E-state index contributed by atoms with van der Waals surface area (Å²) < 4.78 is 0. The van der Waals surface area contributed by atoms with Gasteiger partial charge in [-0.05, 0) is 37.9 Å². The first-order valence-corrected chi connectivity index (χ1v) is 9.36. The highest BCUT2D eigenvalue weighted by Gasteiger charge is 2.27. The number of piperidine rings is 1. The van der Waals surface area contributed by atoms with Crippen molar-refractivity contribution in [2.75, 3.05) is 51.2 Å². The van der Waals surface area contributed by atoms with E-state index in [1.165, 1.54) is 0 Å². The Hall–Kier alpha value is -1.77. The number of likely N-dealkylation sites (N-methyl/N-ethyl adjacent to an activating group) is 1. The number of carbonyl (C=O) groups is 1. The summed E-state index contributed by atoms with van der Waals surface area (Å²) in [7, 11) is 2.10. The van der Waals surface area contributed by atoms with E-state index in [-0.39, 0.29) is 0 Å². The fourth-order valence-corrected chi connectivity index (χ4v) is 4.01. The van der Waals surface area contributed by atoms with Gasteiger partial charge in [-0.25, -0.2) is 0 Å². The fourth-order valence-electron chi connectivity index (χ4n) is 3.72. The Bertz CT molecular complexity index is 656. The quantitative estimate of drug-likeness (QED) is 0.831. The molecule has 0 bridgehead atoms. The van der Waals surface area contributed by atoms with Crippen molar-refractivity contribution < 1.29 is 4.79 Å². The number of rotatable bonds is 3. The molecule has 0 unspecified atom stereocenters. The van der Waals surface area contributed by atoms with Crippen LogP contribution in [0, 0.1) is 17.2 Å². The number of halogens is 1. The van der Waals surface area contributed by atoms with Crippen LogP contribution in [0.2, 0.25) is 5.02 Å². The third-order valence-corrected chi connectivity index (χ3v) is 5.66. The van der Waals surface area contributed by atoms with Crippen LogP contribution in [-0.4, -0.2) is 62.0 Å². The van der Waals surface area contributed by atoms with Crippen molar-refractivity contribution in [1.29, 1.82) is 5.26 Å². The zero-order valence-corrected chi connectivity index (χ0v) is 15.5. The number of hydrogen-bond acceptors (Lipinski definition) is 4. The van der Waals surface area contributed by atoms with Gasteiger partial charge in [0.05, 0.1) is 16.3 Å². The number of piperazine rings is 1. The van der Waals surface area contributed by atoms with Crippen LogP contribution >= 0.6 is 11.6 Å². The molecule has 1 aromatic carbocycles. The molecule has 1 aromatic rings. The number of carbonyl (C=O) groups excluding carboxylic acids is 1. The molecule has 2 saturated heterocycles. The fraction of sp³-hybridized carbons (Fsp3) is 0.579. The van der Waals surface area contributed by atoms with Gasteiger partial charge in [-0.2, -0.15) is 5.26 Å². The molecule has 0 spiro atoms. The Labute approximate surface area is 154 Å². The number of para-hydroxylation sites is 1. The Balaban J connectivity index is 1.54. The van der Waals surface area contributed by atoms with Crippen LogP contribution in [0.25, 0.3) is 0 Å². The molecule has 6 heteroatoms. The second-order valence-electron chi connectivity index (χ2n) is 7.07. The van der Waals surface area contributed by atoms with Crippen LogP contribution in [0.15, 0.2) is 18.2 Å². The van der Waals surface area contributed by atoms with Gasteiger partial charge in [0.15, 0.2) is 0 Å².